The Hall–Kier alpha value is -2.69. The van der Waals surface area contributed by atoms with Crippen LogP contribution in [0.25, 0.3) is 5.69 Å². The van der Waals surface area contributed by atoms with E-state index in [1.165, 1.54) is 18.4 Å². The molecule has 1 aliphatic carbocycles. The van der Waals surface area contributed by atoms with Crippen molar-refractivity contribution in [3.63, 3.8) is 0 Å². The summed E-state index contributed by atoms with van der Waals surface area (Å²) < 4.78 is 1.89. The highest BCUT2D eigenvalue weighted by molar-refractivity contribution is 5.48. The molecule has 0 radical (unpaired) electrons. The first-order valence-corrected chi connectivity index (χ1v) is 9.35. The van der Waals surface area contributed by atoms with Crippen LogP contribution in [0.3, 0.4) is 0 Å². The second kappa shape index (κ2) is 6.90. The van der Waals surface area contributed by atoms with Gasteiger partial charge in [-0.25, -0.2) is 0 Å². The largest absolute Gasteiger partial charge is 0.373 e. The molecule has 0 aliphatic heterocycles. The fourth-order valence-electron chi connectivity index (χ4n) is 3.80. The van der Waals surface area contributed by atoms with E-state index in [0.29, 0.717) is 0 Å². The van der Waals surface area contributed by atoms with Crippen molar-refractivity contribution in [3.05, 3.63) is 66.0 Å². The molecular weight excluding hydrogens is 322 g/mol. The van der Waals surface area contributed by atoms with Gasteiger partial charge in [-0.15, -0.1) is 5.10 Å². The number of hydrogen-bond acceptors (Lipinski definition) is 4. The molecule has 1 N–H and O–H groups in total. The SMILES string of the molecule is Cc1ccc(NC2(c3nnnn3-c3ccccc3)CCC(C)CC2)cc1. The van der Waals surface area contributed by atoms with Crippen LogP contribution < -0.4 is 5.32 Å². The normalized spacial score (nSPS) is 22.9. The molecule has 1 aliphatic rings. The molecule has 2 aromatic carbocycles. The Morgan fingerprint density at radius 2 is 1.69 bits per heavy atom. The molecule has 0 atom stereocenters. The van der Waals surface area contributed by atoms with E-state index in [1.54, 1.807) is 0 Å². The van der Waals surface area contributed by atoms with Crippen LogP contribution in [0.4, 0.5) is 5.69 Å². The quantitative estimate of drug-likeness (QED) is 0.755. The smallest absolute Gasteiger partial charge is 0.181 e. The second-order valence-corrected chi connectivity index (χ2v) is 7.51. The summed E-state index contributed by atoms with van der Waals surface area (Å²) in [6, 6.07) is 18.7. The Kier molecular flexibility index (Phi) is 4.45. The molecule has 0 amide bonds. The monoisotopic (exact) mass is 347 g/mol. The number of rotatable bonds is 4. The van der Waals surface area contributed by atoms with Gasteiger partial charge in [0, 0.05) is 5.69 Å². The molecule has 5 heteroatoms. The predicted octanol–water partition coefficient (Wildman–Crippen LogP) is 4.49. The molecule has 1 heterocycles. The number of hydrogen-bond donors (Lipinski definition) is 1. The molecule has 26 heavy (non-hydrogen) atoms. The van der Waals surface area contributed by atoms with Gasteiger partial charge < -0.3 is 5.32 Å². The summed E-state index contributed by atoms with van der Waals surface area (Å²) >= 11 is 0. The van der Waals surface area contributed by atoms with E-state index >= 15 is 0 Å². The molecule has 0 bridgehead atoms. The number of aromatic nitrogens is 4. The van der Waals surface area contributed by atoms with E-state index in [4.69, 9.17) is 0 Å². The van der Waals surface area contributed by atoms with Gasteiger partial charge in [0.1, 0.15) is 0 Å². The highest BCUT2D eigenvalue weighted by Crippen LogP contribution is 2.41. The van der Waals surface area contributed by atoms with Crippen LogP contribution in [0.1, 0.15) is 44.0 Å². The summed E-state index contributed by atoms with van der Waals surface area (Å²) in [4.78, 5) is 0. The van der Waals surface area contributed by atoms with Gasteiger partial charge in [-0.05, 0) is 73.2 Å². The molecule has 1 saturated carbocycles. The van der Waals surface area contributed by atoms with Crippen LogP contribution >= 0.6 is 0 Å². The maximum Gasteiger partial charge on any atom is 0.181 e. The zero-order valence-electron chi connectivity index (χ0n) is 15.4. The average Bonchev–Trinajstić information content (AvgIpc) is 3.17. The highest BCUT2D eigenvalue weighted by atomic mass is 15.6. The van der Waals surface area contributed by atoms with E-state index in [9.17, 15) is 0 Å². The molecule has 1 fully saturated rings. The Morgan fingerprint density at radius 3 is 2.38 bits per heavy atom. The lowest BCUT2D eigenvalue weighted by atomic mass is 9.76. The molecule has 0 unspecified atom stereocenters. The van der Waals surface area contributed by atoms with Gasteiger partial charge in [0.2, 0.25) is 0 Å². The Labute approximate surface area is 154 Å². The summed E-state index contributed by atoms with van der Waals surface area (Å²) in [5, 5.41) is 16.6. The van der Waals surface area contributed by atoms with E-state index in [2.05, 4.69) is 59.0 Å². The Balaban J connectivity index is 1.75. The number of nitrogens with one attached hydrogen (secondary N) is 1. The minimum absolute atomic E-state index is 0.249. The number of para-hydroxylation sites is 1. The number of benzene rings is 2. The zero-order chi connectivity index (χ0) is 18.0. The topological polar surface area (TPSA) is 55.6 Å². The lowest BCUT2D eigenvalue weighted by Crippen LogP contribution is -2.41. The van der Waals surface area contributed by atoms with Gasteiger partial charge in [-0.3, -0.25) is 0 Å². The summed E-state index contributed by atoms with van der Waals surface area (Å²) in [5.41, 5.74) is 3.13. The first kappa shape index (κ1) is 16.8. The molecule has 3 aromatic rings. The first-order chi connectivity index (χ1) is 12.7. The van der Waals surface area contributed by atoms with Crippen LogP contribution in [0, 0.1) is 12.8 Å². The molecule has 0 saturated heterocycles. The summed E-state index contributed by atoms with van der Waals surface area (Å²) in [6.07, 6.45) is 4.38. The van der Waals surface area contributed by atoms with Gasteiger partial charge in [-0.1, -0.05) is 42.8 Å². The van der Waals surface area contributed by atoms with E-state index in [0.717, 1.165) is 36.0 Å². The van der Waals surface area contributed by atoms with Crippen molar-refractivity contribution in [1.82, 2.24) is 20.2 Å². The summed E-state index contributed by atoms with van der Waals surface area (Å²) in [5.74, 6) is 1.64. The van der Waals surface area contributed by atoms with Crippen molar-refractivity contribution < 1.29 is 0 Å². The average molecular weight is 347 g/mol. The number of tetrazole rings is 1. The van der Waals surface area contributed by atoms with Crippen molar-refractivity contribution in [1.29, 1.82) is 0 Å². The third kappa shape index (κ3) is 3.21. The molecular formula is C21H25N5. The van der Waals surface area contributed by atoms with Crippen molar-refractivity contribution in [2.24, 2.45) is 5.92 Å². The van der Waals surface area contributed by atoms with Crippen molar-refractivity contribution >= 4 is 5.69 Å². The van der Waals surface area contributed by atoms with Gasteiger partial charge >= 0.3 is 0 Å². The first-order valence-electron chi connectivity index (χ1n) is 9.35. The van der Waals surface area contributed by atoms with Gasteiger partial charge in [0.25, 0.3) is 0 Å². The zero-order valence-corrected chi connectivity index (χ0v) is 15.4. The number of nitrogens with zero attached hydrogens (tertiary/aromatic N) is 4. The van der Waals surface area contributed by atoms with Crippen LogP contribution in [0.2, 0.25) is 0 Å². The summed E-state index contributed by atoms with van der Waals surface area (Å²) in [6.45, 7) is 4.44. The fraction of sp³-hybridized carbons (Fsp3) is 0.381. The predicted molar refractivity (Wildman–Crippen MR) is 103 cm³/mol. The lowest BCUT2D eigenvalue weighted by molar-refractivity contribution is 0.255. The molecule has 0 spiro atoms. The lowest BCUT2D eigenvalue weighted by Gasteiger charge is -2.39. The van der Waals surface area contributed by atoms with Gasteiger partial charge in [0.05, 0.1) is 11.2 Å². The summed E-state index contributed by atoms with van der Waals surface area (Å²) in [7, 11) is 0. The number of aryl methyl sites for hydroxylation is 1. The molecule has 134 valence electrons. The van der Waals surface area contributed by atoms with Crippen LogP contribution in [-0.4, -0.2) is 20.2 Å². The van der Waals surface area contributed by atoms with Crippen molar-refractivity contribution in [2.75, 3.05) is 5.32 Å². The molecule has 4 rings (SSSR count). The minimum atomic E-state index is -0.249. The van der Waals surface area contributed by atoms with Crippen molar-refractivity contribution in [2.45, 2.75) is 45.1 Å². The minimum Gasteiger partial charge on any atom is -0.373 e. The maximum absolute atomic E-state index is 4.47. The maximum atomic E-state index is 4.47. The molecule has 1 aromatic heterocycles. The second-order valence-electron chi connectivity index (χ2n) is 7.51. The van der Waals surface area contributed by atoms with Gasteiger partial charge in [-0.2, -0.15) is 4.68 Å². The van der Waals surface area contributed by atoms with Crippen LogP contribution in [0.5, 0.6) is 0 Å². The van der Waals surface area contributed by atoms with E-state index < -0.39 is 0 Å². The van der Waals surface area contributed by atoms with E-state index in [1.807, 2.05) is 35.0 Å². The Morgan fingerprint density at radius 1 is 1.00 bits per heavy atom. The third-order valence-electron chi connectivity index (χ3n) is 5.46. The van der Waals surface area contributed by atoms with E-state index in [-0.39, 0.29) is 5.54 Å². The van der Waals surface area contributed by atoms with Crippen LogP contribution in [0.15, 0.2) is 54.6 Å². The molecule has 5 nitrogen and oxygen atoms in total. The Bertz CT molecular complexity index is 846. The standard InChI is InChI=1S/C21H25N5/c1-16-8-10-18(11-9-16)22-21(14-12-17(2)13-15-21)20-23-24-25-26(20)19-6-4-3-5-7-19/h3-11,17,22H,12-15H2,1-2H3. The van der Waals surface area contributed by atoms with Crippen molar-refractivity contribution in [3.8, 4) is 5.69 Å². The number of anilines is 1. The highest BCUT2D eigenvalue weighted by Gasteiger charge is 2.40. The fourth-order valence-corrected chi connectivity index (χ4v) is 3.80. The third-order valence-corrected chi connectivity index (χ3v) is 5.46. The van der Waals surface area contributed by atoms with Gasteiger partial charge in [0.15, 0.2) is 5.82 Å². The van der Waals surface area contributed by atoms with Crippen LogP contribution in [-0.2, 0) is 5.54 Å².